The van der Waals surface area contributed by atoms with Crippen molar-refractivity contribution in [3.8, 4) is 0 Å². The van der Waals surface area contributed by atoms with Gasteiger partial charge >= 0.3 is 0 Å². The van der Waals surface area contributed by atoms with Gasteiger partial charge in [-0.3, -0.25) is 4.79 Å². The number of anilines is 2. The van der Waals surface area contributed by atoms with Gasteiger partial charge in [0, 0.05) is 25.7 Å². The lowest BCUT2D eigenvalue weighted by Crippen LogP contribution is -2.31. The summed E-state index contributed by atoms with van der Waals surface area (Å²) in [5.74, 6) is 2.33. The Hall–Kier alpha value is -1.58. The Morgan fingerprint density at radius 3 is 2.86 bits per heavy atom. The molecular formula is C17H25N3O. The summed E-state index contributed by atoms with van der Waals surface area (Å²) in [6, 6.07) is 3.87. The van der Waals surface area contributed by atoms with Crippen molar-refractivity contribution in [2.75, 3.05) is 23.3 Å². The van der Waals surface area contributed by atoms with Crippen molar-refractivity contribution in [3.63, 3.8) is 0 Å². The van der Waals surface area contributed by atoms with Crippen LogP contribution in [0, 0.1) is 11.8 Å². The molecule has 1 N–H and O–H groups in total. The highest BCUT2D eigenvalue weighted by Crippen LogP contribution is 2.38. The fourth-order valence-electron chi connectivity index (χ4n) is 3.18. The number of rotatable bonds is 5. The van der Waals surface area contributed by atoms with Gasteiger partial charge in [0.05, 0.1) is 5.69 Å². The van der Waals surface area contributed by atoms with Gasteiger partial charge in [-0.2, -0.15) is 0 Å². The molecule has 2 fully saturated rings. The largest absolute Gasteiger partial charge is 0.355 e. The maximum atomic E-state index is 12.2. The molecular weight excluding hydrogens is 262 g/mol. The molecule has 1 unspecified atom stereocenters. The Bertz CT molecular complexity index is 493. The molecule has 1 aliphatic carbocycles. The second-order valence-electron chi connectivity index (χ2n) is 6.49. The predicted molar refractivity (Wildman–Crippen MR) is 85.4 cm³/mol. The lowest BCUT2D eigenvalue weighted by molar-refractivity contribution is -0.117. The molecule has 0 spiro atoms. The first-order valence-corrected chi connectivity index (χ1v) is 8.24. The van der Waals surface area contributed by atoms with E-state index >= 15 is 0 Å². The highest BCUT2D eigenvalue weighted by atomic mass is 16.1. The van der Waals surface area contributed by atoms with Gasteiger partial charge in [0.15, 0.2) is 5.82 Å². The molecule has 114 valence electrons. The molecule has 2 heterocycles. The highest BCUT2D eigenvalue weighted by Gasteiger charge is 2.29. The number of nitrogens with zero attached hydrogens (tertiary/aromatic N) is 2. The Morgan fingerprint density at radius 1 is 1.38 bits per heavy atom. The lowest BCUT2D eigenvalue weighted by atomic mass is 10.0. The van der Waals surface area contributed by atoms with Crippen LogP contribution in [0.3, 0.4) is 0 Å². The van der Waals surface area contributed by atoms with Crippen LogP contribution in [0.1, 0.15) is 45.4 Å². The monoisotopic (exact) mass is 287 g/mol. The Labute approximate surface area is 126 Å². The quantitative estimate of drug-likeness (QED) is 0.902. The second-order valence-corrected chi connectivity index (χ2v) is 6.49. The third-order valence-corrected chi connectivity index (χ3v) is 4.65. The first kappa shape index (κ1) is 14.4. The van der Waals surface area contributed by atoms with E-state index in [-0.39, 0.29) is 5.91 Å². The number of carbonyl (C=O) groups is 1. The Morgan fingerprint density at radius 2 is 2.14 bits per heavy atom. The second kappa shape index (κ2) is 6.46. The van der Waals surface area contributed by atoms with E-state index in [9.17, 15) is 4.79 Å². The number of pyridine rings is 1. The molecule has 0 aromatic carbocycles. The van der Waals surface area contributed by atoms with Crippen molar-refractivity contribution in [2.24, 2.45) is 11.8 Å². The maximum absolute atomic E-state index is 12.2. The van der Waals surface area contributed by atoms with Crippen LogP contribution in [-0.2, 0) is 4.79 Å². The molecule has 1 saturated heterocycles. The average molecular weight is 287 g/mol. The molecule has 21 heavy (non-hydrogen) atoms. The summed E-state index contributed by atoms with van der Waals surface area (Å²) in [6.45, 7) is 4.27. The van der Waals surface area contributed by atoms with Crippen LogP contribution in [0.2, 0.25) is 0 Å². The van der Waals surface area contributed by atoms with Crippen LogP contribution in [-0.4, -0.2) is 24.0 Å². The SMILES string of the molecule is CC(CC(=O)Nc1cccnc1N1CCCCC1)C1CC1. The van der Waals surface area contributed by atoms with Crippen LogP contribution >= 0.6 is 0 Å². The Balaban J connectivity index is 1.65. The van der Waals surface area contributed by atoms with Gasteiger partial charge in [0.25, 0.3) is 0 Å². The molecule has 3 rings (SSSR count). The van der Waals surface area contributed by atoms with Gasteiger partial charge in [0.2, 0.25) is 5.91 Å². The molecule has 4 nitrogen and oxygen atoms in total. The fourth-order valence-corrected chi connectivity index (χ4v) is 3.18. The van der Waals surface area contributed by atoms with E-state index in [0.717, 1.165) is 30.5 Å². The number of hydrogen-bond acceptors (Lipinski definition) is 3. The zero-order valence-corrected chi connectivity index (χ0v) is 12.8. The molecule has 1 saturated carbocycles. The zero-order valence-electron chi connectivity index (χ0n) is 12.8. The van der Waals surface area contributed by atoms with Gasteiger partial charge in [-0.15, -0.1) is 0 Å². The van der Waals surface area contributed by atoms with Crippen molar-refractivity contribution >= 4 is 17.4 Å². The van der Waals surface area contributed by atoms with Gasteiger partial charge in [0.1, 0.15) is 0 Å². The minimum Gasteiger partial charge on any atom is -0.355 e. The first-order valence-electron chi connectivity index (χ1n) is 8.24. The summed E-state index contributed by atoms with van der Waals surface area (Å²) in [5, 5.41) is 3.08. The summed E-state index contributed by atoms with van der Waals surface area (Å²) in [7, 11) is 0. The predicted octanol–water partition coefficient (Wildman–Crippen LogP) is 3.45. The maximum Gasteiger partial charge on any atom is 0.224 e. The van der Waals surface area contributed by atoms with Gasteiger partial charge < -0.3 is 10.2 Å². The van der Waals surface area contributed by atoms with Crippen LogP contribution in [0.5, 0.6) is 0 Å². The van der Waals surface area contributed by atoms with Crippen molar-refractivity contribution in [2.45, 2.75) is 45.4 Å². The number of piperidine rings is 1. The number of hydrogen-bond donors (Lipinski definition) is 1. The molecule has 1 aliphatic heterocycles. The van der Waals surface area contributed by atoms with Crippen LogP contribution in [0.4, 0.5) is 11.5 Å². The summed E-state index contributed by atoms with van der Waals surface area (Å²) in [5.41, 5.74) is 0.868. The third-order valence-electron chi connectivity index (χ3n) is 4.65. The summed E-state index contributed by atoms with van der Waals surface area (Å²) < 4.78 is 0. The van der Waals surface area contributed by atoms with Gasteiger partial charge in [-0.1, -0.05) is 6.92 Å². The standard InChI is InChI=1S/C17H25N3O/c1-13(14-7-8-14)12-16(21)19-15-6-5-9-18-17(15)20-10-3-2-4-11-20/h5-6,9,13-14H,2-4,7-8,10-12H2,1H3,(H,19,21). The van der Waals surface area contributed by atoms with E-state index in [4.69, 9.17) is 0 Å². The molecule has 4 heteroatoms. The zero-order chi connectivity index (χ0) is 14.7. The van der Waals surface area contributed by atoms with Crippen LogP contribution < -0.4 is 10.2 Å². The Kier molecular flexibility index (Phi) is 4.42. The van der Waals surface area contributed by atoms with E-state index in [1.807, 2.05) is 18.3 Å². The van der Waals surface area contributed by atoms with Gasteiger partial charge in [-0.05, 0) is 56.1 Å². The van der Waals surface area contributed by atoms with Crippen molar-refractivity contribution in [1.82, 2.24) is 4.98 Å². The minimum absolute atomic E-state index is 0.126. The van der Waals surface area contributed by atoms with Crippen molar-refractivity contribution in [1.29, 1.82) is 0 Å². The van der Waals surface area contributed by atoms with Gasteiger partial charge in [-0.25, -0.2) is 4.98 Å². The van der Waals surface area contributed by atoms with E-state index in [1.165, 1.54) is 32.1 Å². The number of carbonyl (C=O) groups excluding carboxylic acids is 1. The number of aromatic nitrogens is 1. The van der Waals surface area contributed by atoms with E-state index in [1.54, 1.807) is 0 Å². The highest BCUT2D eigenvalue weighted by molar-refractivity contribution is 5.93. The van der Waals surface area contributed by atoms with Crippen molar-refractivity contribution in [3.05, 3.63) is 18.3 Å². The fraction of sp³-hybridized carbons (Fsp3) is 0.647. The molecule has 0 bridgehead atoms. The number of amides is 1. The molecule has 2 aliphatic rings. The molecule has 1 aromatic heterocycles. The first-order chi connectivity index (χ1) is 10.2. The average Bonchev–Trinajstić information content (AvgIpc) is 3.33. The van der Waals surface area contributed by atoms with Crippen LogP contribution in [0.15, 0.2) is 18.3 Å². The molecule has 0 radical (unpaired) electrons. The lowest BCUT2D eigenvalue weighted by Gasteiger charge is -2.29. The topological polar surface area (TPSA) is 45.2 Å². The smallest absolute Gasteiger partial charge is 0.224 e. The van der Waals surface area contributed by atoms with Crippen molar-refractivity contribution < 1.29 is 4.79 Å². The minimum atomic E-state index is 0.126. The summed E-state index contributed by atoms with van der Waals surface area (Å²) >= 11 is 0. The van der Waals surface area contributed by atoms with E-state index < -0.39 is 0 Å². The molecule has 1 aromatic rings. The molecule has 1 atom stereocenters. The van der Waals surface area contributed by atoms with Crippen LogP contribution in [0.25, 0.3) is 0 Å². The van der Waals surface area contributed by atoms with E-state index in [2.05, 4.69) is 22.1 Å². The third kappa shape index (κ3) is 3.74. The normalized spacial score (nSPS) is 20.1. The summed E-state index contributed by atoms with van der Waals surface area (Å²) in [4.78, 5) is 19.0. The summed E-state index contributed by atoms with van der Waals surface area (Å²) in [6.07, 6.45) is 8.74. The molecule has 1 amide bonds. The van der Waals surface area contributed by atoms with E-state index in [0.29, 0.717) is 12.3 Å². The number of nitrogens with one attached hydrogen (secondary N) is 1.